The Hall–Kier alpha value is -1.35. The Balaban J connectivity index is 1.78. The monoisotopic (exact) mass is 256 g/mol. The number of piperidine rings is 1. The van der Waals surface area contributed by atoms with Crippen LogP contribution < -0.4 is 10.2 Å². The number of amides is 1. The molecule has 0 unspecified atom stereocenters. The maximum Gasteiger partial charge on any atom is 0.237 e. The lowest BCUT2D eigenvalue weighted by molar-refractivity contribution is -0.124. The molecular formula is C16H20N2O. The molecule has 3 heteroatoms. The molecular weight excluding hydrogens is 236 g/mol. The molecule has 19 heavy (non-hydrogen) atoms. The first-order chi connectivity index (χ1) is 9.31. The Morgan fingerprint density at radius 2 is 1.95 bits per heavy atom. The maximum absolute atomic E-state index is 13.0. The molecule has 1 amide bonds. The molecule has 1 saturated carbocycles. The lowest BCUT2D eigenvalue weighted by atomic mass is 9.74. The minimum Gasteiger partial charge on any atom is -0.317 e. The summed E-state index contributed by atoms with van der Waals surface area (Å²) in [7, 11) is 0. The highest BCUT2D eigenvalue weighted by molar-refractivity contribution is 6.08. The third-order valence-corrected chi connectivity index (χ3v) is 4.96. The first-order valence-electron chi connectivity index (χ1n) is 7.43. The predicted octanol–water partition coefficient (Wildman–Crippen LogP) is 2.06. The summed E-state index contributed by atoms with van der Waals surface area (Å²) in [4.78, 5) is 15.1. The van der Waals surface area contributed by atoms with Crippen LogP contribution in [0.5, 0.6) is 0 Å². The Labute approximate surface area is 114 Å². The van der Waals surface area contributed by atoms with Crippen LogP contribution in [0.25, 0.3) is 0 Å². The van der Waals surface area contributed by atoms with E-state index in [9.17, 15) is 4.79 Å². The largest absolute Gasteiger partial charge is 0.317 e. The van der Waals surface area contributed by atoms with Crippen LogP contribution in [0.4, 0.5) is 5.69 Å². The van der Waals surface area contributed by atoms with E-state index in [4.69, 9.17) is 0 Å². The van der Waals surface area contributed by atoms with E-state index < -0.39 is 0 Å². The van der Waals surface area contributed by atoms with Gasteiger partial charge in [0.25, 0.3) is 0 Å². The zero-order valence-electron chi connectivity index (χ0n) is 11.2. The first-order valence-corrected chi connectivity index (χ1v) is 7.43. The summed E-state index contributed by atoms with van der Waals surface area (Å²) in [6, 6.07) is 8.44. The zero-order valence-corrected chi connectivity index (χ0v) is 11.2. The summed E-state index contributed by atoms with van der Waals surface area (Å²) in [5.74, 6) is 1.11. The topological polar surface area (TPSA) is 32.3 Å². The summed E-state index contributed by atoms with van der Waals surface area (Å²) in [6.07, 6.45) is 4.48. The highest BCUT2D eigenvalue weighted by Crippen LogP contribution is 2.48. The fourth-order valence-corrected chi connectivity index (χ4v) is 3.67. The second-order valence-corrected chi connectivity index (χ2v) is 6.21. The minimum absolute atomic E-state index is 0.225. The standard InChI is InChI=1S/C16H20N2O/c19-15-16(7-9-17-10-8-16)13-3-1-2-4-14(13)18(15)11-12-5-6-12/h1-4,12,17H,5-11H2. The van der Waals surface area contributed by atoms with Gasteiger partial charge in [-0.2, -0.15) is 0 Å². The fraction of sp³-hybridized carbons (Fsp3) is 0.562. The van der Waals surface area contributed by atoms with Gasteiger partial charge in [0.15, 0.2) is 0 Å². The van der Waals surface area contributed by atoms with E-state index in [1.807, 2.05) is 0 Å². The average Bonchev–Trinajstić information content (AvgIpc) is 3.25. The lowest BCUT2D eigenvalue weighted by Crippen LogP contribution is -2.47. The quantitative estimate of drug-likeness (QED) is 0.878. The van der Waals surface area contributed by atoms with Gasteiger partial charge in [-0.1, -0.05) is 18.2 Å². The molecule has 1 aromatic carbocycles. The second kappa shape index (κ2) is 4.07. The smallest absolute Gasteiger partial charge is 0.237 e. The van der Waals surface area contributed by atoms with Crippen molar-refractivity contribution in [1.82, 2.24) is 5.32 Å². The van der Waals surface area contributed by atoms with E-state index in [1.54, 1.807) is 0 Å². The van der Waals surface area contributed by atoms with Crippen LogP contribution in [-0.2, 0) is 10.2 Å². The average molecular weight is 256 g/mol. The number of anilines is 1. The Bertz CT molecular complexity index is 515. The van der Waals surface area contributed by atoms with Crippen molar-refractivity contribution in [3.05, 3.63) is 29.8 Å². The van der Waals surface area contributed by atoms with Gasteiger partial charge < -0.3 is 10.2 Å². The van der Waals surface area contributed by atoms with E-state index in [-0.39, 0.29) is 5.41 Å². The van der Waals surface area contributed by atoms with Gasteiger partial charge >= 0.3 is 0 Å². The number of nitrogens with zero attached hydrogens (tertiary/aromatic N) is 1. The van der Waals surface area contributed by atoms with E-state index in [0.29, 0.717) is 5.91 Å². The highest BCUT2D eigenvalue weighted by Gasteiger charge is 2.51. The van der Waals surface area contributed by atoms with Crippen LogP contribution in [0.15, 0.2) is 24.3 Å². The number of para-hydroxylation sites is 1. The molecule has 100 valence electrons. The van der Waals surface area contributed by atoms with Crippen LogP contribution in [0.2, 0.25) is 0 Å². The van der Waals surface area contributed by atoms with Gasteiger partial charge in [0.05, 0.1) is 5.41 Å². The molecule has 0 aromatic heterocycles. The molecule has 2 fully saturated rings. The molecule has 1 N–H and O–H groups in total. The van der Waals surface area contributed by atoms with Crippen LogP contribution in [-0.4, -0.2) is 25.5 Å². The van der Waals surface area contributed by atoms with Crippen LogP contribution in [0.3, 0.4) is 0 Å². The molecule has 0 bridgehead atoms. The van der Waals surface area contributed by atoms with Gasteiger partial charge in [0.1, 0.15) is 0 Å². The van der Waals surface area contributed by atoms with Crippen molar-refractivity contribution in [1.29, 1.82) is 0 Å². The van der Waals surface area contributed by atoms with Crippen molar-refractivity contribution in [3.63, 3.8) is 0 Å². The molecule has 0 atom stereocenters. The number of carbonyl (C=O) groups excluding carboxylic acids is 1. The summed E-state index contributed by atoms with van der Waals surface area (Å²) >= 11 is 0. The van der Waals surface area contributed by atoms with Gasteiger partial charge in [-0.15, -0.1) is 0 Å². The Morgan fingerprint density at radius 3 is 2.68 bits per heavy atom. The van der Waals surface area contributed by atoms with Gasteiger partial charge in [0, 0.05) is 12.2 Å². The molecule has 1 spiro atoms. The van der Waals surface area contributed by atoms with Crippen molar-refractivity contribution >= 4 is 11.6 Å². The molecule has 3 nitrogen and oxygen atoms in total. The van der Waals surface area contributed by atoms with E-state index in [2.05, 4.69) is 34.5 Å². The fourth-order valence-electron chi connectivity index (χ4n) is 3.67. The molecule has 1 saturated heterocycles. The minimum atomic E-state index is -0.225. The molecule has 0 radical (unpaired) electrons. The third-order valence-electron chi connectivity index (χ3n) is 4.96. The van der Waals surface area contributed by atoms with E-state index >= 15 is 0 Å². The lowest BCUT2D eigenvalue weighted by Gasteiger charge is -2.33. The van der Waals surface area contributed by atoms with Crippen LogP contribution in [0.1, 0.15) is 31.2 Å². The Morgan fingerprint density at radius 1 is 1.21 bits per heavy atom. The highest BCUT2D eigenvalue weighted by atomic mass is 16.2. The van der Waals surface area contributed by atoms with Gasteiger partial charge in [-0.05, 0) is 56.3 Å². The first kappa shape index (κ1) is 11.5. The summed E-state index contributed by atoms with van der Waals surface area (Å²) < 4.78 is 0. The number of nitrogens with one attached hydrogen (secondary N) is 1. The van der Waals surface area contributed by atoms with Gasteiger partial charge in [-0.25, -0.2) is 0 Å². The molecule has 1 aromatic rings. The zero-order chi connectivity index (χ0) is 12.9. The van der Waals surface area contributed by atoms with E-state index in [0.717, 1.165) is 38.4 Å². The molecule has 1 aliphatic carbocycles. The van der Waals surface area contributed by atoms with Crippen LogP contribution >= 0.6 is 0 Å². The van der Waals surface area contributed by atoms with Gasteiger partial charge in [-0.3, -0.25) is 4.79 Å². The molecule has 4 rings (SSSR count). The second-order valence-electron chi connectivity index (χ2n) is 6.21. The maximum atomic E-state index is 13.0. The number of fused-ring (bicyclic) bond motifs is 2. The molecule has 2 heterocycles. The summed E-state index contributed by atoms with van der Waals surface area (Å²) in [5.41, 5.74) is 2.24. The summed E-state index contributed by atoms with van der Waals surface area (Å²) in [6.45, 7) is 2.85. The molecule has 3 aliphatic rings. The molecule has 2 aliphatic heterocycles. The summed E-state index contributed by atoms with van der Waals surface area (Å²) in [5, 5.41) is 3.38. The number of carbonyl (C=O) groups is 1. The van der Waals surface area contributed by atoms with E-state index in [1.165, 1.54) is 24.1 Å². The Kier molecular flexibility index (Phi) is 2.46. The van der Waals surface area contributed by atoms with Crippen molar-refractivity contribution in [3.8, 4) is 0 Å². The number of rotatable bonds is 2. The predicted molar refractivity (Wildman–Crippen MR) is 75.3 cm³/mol. The third kappa shape index (κ3) is 1.64. The SMILES string of the molecule is O=C1N(CC2CC2)c2ccccc2C12CCNCC2. The van der Waals surface area contributed by atoms with Crippen molar-refractivity contribution in [2.24, 2.45) is 5.92 Å². The van der Waals surface area contributed by atoms with Crippen molar-refractivity contribution in [2.45, 2.75) is 31.1 Å². The number of hydrogen-bond acceptors (Lipinski definition) is 2. The van der Waals surface area contributed by atoms with Crippen molar-refractivity contribution in [2.75, 3.05) is 24.5 Å². The van der Waals surface area contributed by atoms with Gasteiger partial charge in [0.2, 0.25) is 5.91 Å². The number of hydrogen-bond donors (Lipinski definition) is 1. The normalized spacial score (nSPS) is 24.8. The number of benzene rings is 1. The van der Waals surface area contributed by atoms with Crippen LogP contribution in [0, 0.1) is 5.92 Å². The van der Waals surface area contributed by atoms with Crippen molar-refractivity contribution < 1.29 is 4.79 Å².